The van der Waals surface area contributed by atoms with Gasteiger partial charge < -0.3 is 9.64 Å². The first-order valence-corrected chi connectivity index (χ1v) is 20.0. The molecule has 2 saturated carbocycles. The van der Waals surface area contributed by atoms with E-state index in [1.165, 1.54) is 23.5 Å². The van der Waals surface area contributed by atoms with Crippen LogP contribution < -0.4 is 9.46 Å². The predicted octanol–water partition coefficient (Wildman–Crippen LogP) is 6.44. The van der Waals surface area contributed by atoms with Crippen molar-refractivity contribution in [2.45, 2.75) is 101 Å². The fraction of sp³-hybridized carbons (Fsp3) is 0.526. The number of benzene rings is 2. The number of ketones is 1. The molecule has 12 heteroatoms. The molecule has 2 aliphatic carbocycles. The Morgan fingerprint density at radius 2 is 1.96 bits per heavy atom. The number of aromatic nitrogens is 1. The molecule has 4 aliphatic rings. The second-order valence-electron chi connectivity index (χ2n) is 15.0. The number of hydrogen-bond donors (Lipinski definition) is 1. The molecule has 3 heterocycles. The Balaban J connectivity index is 1.19. The summed E-state index contributed by atoms with van der Waals surface area (Å²) in [6.45, 7) is 3.82. The average Bonchev–Trinajstić information content (AvgIpc) is 3.88. The van der Waals surface area contributed by atoms with E-state index in [2.05, 4.69) is 15.8 Å². The van der Waals surface area contributed by atoms with Gasteiger partial charge in [0.15, 0.2) is 5.78 Å². The molecule has 7 rings (SSSR count). The fourth-order valence-corrected chi connectivity index (χ4v) is 9.85. The van der Waals surface area contributed by atoms with Crippen LogP contribution in [0.1, 0.15) is 82.3 Å². The molecule has 2 aliphatic heterocycles. The summed E-state index contributed by atoms with van der Waals surface area (Å²) in [7, 11) is -3.90. The van der Waals surface area contributed by atoms with Gasteiger partial charge in [0, 0.05) is 18.8 Å². The lowest BCUT2D eigenvalue weighted by Gasteiger charge is -2.29. The number of nitrogens with one attached hydrogen (secondary N) is 1. The predicted molar refractivity (Wildman–Crippen MR) is 190 cm³/mol. The number of aryl methyl sites for hydroxylation is 1. The van der Waals surface area contributed by atoms with Gasteiger partial charge in [0.25, 0.3) is 5.19 Å². The number of thiazole rings is 1. The van der Waals surface area contributed by atoms with E-state index in [1.807, 2.05) is 37.3 Å². The van der Waals surface area contributed by atoms with E-state index in [4.69, 9.17) is 4.74 Å². The van der Waals surface area contributed by atoms with Crippen molar-refractivity contribution in [3.05, 3.63) is 71.6 Å². The van der Waals surface area contributed by atoms with Crippen molar-refractivity contribution in [1.82, 2.24) is 14.6 Å². The number of carbonyl (C=O) groups excluding carboxylic acids is 3. The van der Waals surface area contributed by atoms with Crippen molar-refractivity contribution < 1.29 is 31.9 Å². The first-order chi connectivity index (χ1) is 23.9. The molecule has 5 atom stereocenters. The van der Waals surface area contributed by atoms with Gasteiger partial charge in [-0.1, -0.05) is 66.2 Å². The summed E-state index contributed by atoms with van der Waals surface area (Å²) >= 11 is 1.21. The maximum Gasteiger partial charge on any atom is 0.274 e. The standard InChI is InChI=1S/C38H44FN3O6S2/c1-24-9-8-10-25(17-24)18-26-11-6-4-3-5-7-12-27-21-38(27,35(45)41-50(46,47)37(2)15-16-37)22-32(43)31-20-29(23-42(31)34(26)44)48-36-40-30-14-13-28(39)19-33(30)49-36/h7-10,12-14,17,19,26-27,29,31H,3-6,11,15-16,18,20-23H2,1-2H3,(H,41,45)/b12-7-/t26-,27+,29-,31+,38-/m1/s1. The number of rotatable bonds is 7. The number of nitrogens with zero attached hydrogens (tertiary/aromatic N) is 2. The van der Waals surface area contributed by atoms with Gasteiger partial charge in [-0.2, -0.15) is 0 Å². The Hall–Kier alpha value is -3.64. The average molecular weight is 722 g/mol. The number of fused-ring (bicyclic) bond motifs is 3. The van der Waals surface area contributed by atoms with Crippen LogP contribution in [0.2, 0.25) is 0 Å². The molecule has 0 radical (unpaired) electrons. The molecule has 2 aromatic carbocycles. The first-order valence-electron chi connectivity index (χ1n) is 17.7. The van der Waals surface area contributed by atoms with Gasteiger partial charge in [-0.3, -0.25) is 19.1 Å². The van der Waals surface area contributed by atoms with Gasteiger partial charge in [-0.25, -0.2) is 17.8 Å². The third-order valence-corrected chi connectivity index (χ3v) is 14.2. The van der Waals surface area contributed by atoms with Crippen molar-refractivity contribution in [2.24, 2.45) is 17.3 Å². The van der Waals surface area contributed by atoms with Crippen LogP contribution in [0.25, 0.3) is 10.2 Å². The number of carbonyl (C=O) groups is 3. The Labute approximate surface area is 296 Å². The fourth-order valence-electron chi connectivity index (χ4n) is 7.61. The van der Waals surface area contributed by atoms with Gasteiger partial charge in [0.2, 0.25) is 21.8 Å². The summed E-state index contributed by atoms with van der Waals surface area (Å²) in [5, 5.41) is 0.330. The summed E-state index contributed by atoms with van der Waals surface area (Å²) in [6.07, 6.45) is 9.57. The monoisotopic (exact) mass is 721 g/mol. The van der Waals surface area contributed by atoms with Crippen LogP contribution in [0.3, 0.4) is 0 Å². The van der Waals surface area contributed by atoms with Crippen molar-refractivity contribution in [2.75, 3.05) is 6.54 Å². The molecule has 1 N–H and O–H groups in total. The first kappa shape index (κ1) is 34.8. The lowest BCUT2D eigenvalue weighted by Crippen LogP contribution is -2.47. The minimum absolute atomic E-state index is 0.120. The van der Waals surface area contributed by atoms with Crippen molar-refractivity contribution >= 4 is 49.2 Å². The van der Waals surface area contributed by atoms with Crippen molar-refractivity contribution in [1.29, 1.82) is 0 Å². The number of ether oxygens (including phenoxy) is 1. The van der Waals surface area contributed by atoms with Crippen LogP contribution >= 0.6 is 11.3 Å². The Bertz CT molecular complexity index is 1960. The molecule has 1 saturated heterocycles. The van der Waals surface area contributed by atoms with E-state index in [1.54, 1.807) is 17.9 Å². The molecule has 9 nitrogen and oxygen atoms in total. The van der Waals surface area contributed by atoms with Gasteiger partial charge in [0.1, 0.15) is 11.9 Å². The smallest absolute Gasteiger partial charge is 0.274 e. The Morgan fingerprint density at radius 1 is 1.14 bits per heavy atom. The highest BCUT2D eigenvalue weighted by Gasteiger charge is 2.62. The number of amides is 2. The van der Waals surface area contributed by atoms with Crippen LogP contribution in [-0.4, -0.2) is 59.3 Å². The molecule has 0 unspecified atom stereocenters. The number of sulfonamides is 1. The van der Waals surface area contributed by atoms with E-state index in [9.17, 15) is 27.2 Å². The summed E-state index contributed by atoms with van der Waals surface area (Å²) in [5.41, 5.74) is 1.57. The molecule has 1 aromatic heterocycles. The third-order valence-electron chi connectivity index (χ3n) is 11.1. The molecule has 266 valence electrons. The lowest BCUT2D eigenvalue weighted by atomic mass is 9.89. The van der Waals surface area contributed by atoms with Gasteiger partial charge in [-0.05, 0) is 88.5 Å². The zero-order valence-corrected chi connectivity index (χ0v) is 30.2. The number of halogens is 1. The maximum atomic E-state index is 14.6. The minimum atomic E-state index is -3.90. The summed E-state index contributed by atoms with van der Waals surface area (Å²) in [5.74, 6) is -2.03. The maximum absolute atomic E-state index is 14.6. The lowest BCUT2D eigenvalue weighted by molar-refractivity contribution is -0.142. The van der Waals surface area contributed by atoms with Crippen LogP contribution in [-0.2, 0) is 30.8 Å². The van der Waals surface area contributed by atoms with Crippen LogP contribution in [0.4, 0.5) is 4.39 Å². The number of Topliss-reactive ketones (excluding diaryl/α,β-unsaturated/α-hetero) is 1. The Kier molecular flexibility index (Phi) is 9.38. The Morgan fingerprint density at radius 3 is 2.74 bits per heavy atom. The van der Waals surface area contributed by atoms with Gasteiger partial charge in [-0.15, -0.1) is 0 Å². The molecule has 0 spiro atoms. The summed E-state index contributed by atoms with van der Waals surface area (Å²) in [4.78, 5) is 49.0. The molecule has 2 amide bonds. The van der Waals surface area contributed by atoms with Crippen LogP contribution in [0.15, 0.2) is 54.6 Å². The van der Waals surface area contributed by atoms with Crippen LogP contribution in [0.5, 0.6) is 5.19 Å². The third kappa shape index (κ3) is 7.10. The molecule has 50 heavy (non-hydrogen) atoms. The quantitative estimate of drug-likeness (QED) is 0.279. The highest BCUT2D eigenvalue weighted by molar-refractivity contribution is 7.91. The largest absolute Gasteiger partial charge is 0.465 e. The zero-order chi connectivity index (χ0) is 35.3. The second kappa shape index (κ2) is 13.5. The molecule has 0 bridgehead atoms. The molecule has 3 aromatic rings. The van der Waals surface area contributed by atoms with Crippen molar-refractivity contribution in [3.8, 4) is 5.19 Å². The molecular formula is C38H44FN3O6S2. The van der Waals surface area contributed by atoms with E-state index in [0.29, 0.717) is 47.5 Å². The van der Waals surface area contributed by atoms with E-state index in [0.717, 1.165) is 36.8 Å². The summed E-state index contributed by atoms with van der Waals surface area (Å²) in [6, 6.07) is 11.6. The van der Waals surface area contributed by atoms with E-state index < -0.39 is 38.2 Å². The highest BCUT2D eigenvalue weighted by atomic mass is 32.2. The highest BCUT2D eigenvalue weighted by Crippen LogP contribution is 2.57. The number of hydrogen-bond acceptors (Lipinski definition) is 8. The van der Waals surface area contributed by atoms with Gasteiger partial charge in [0.05, 0.1) is 33.0 Å². The second-order valence-corrected chi connectivity index (χ2v) is 18.2. The molecular weight excluding hydrogens is 678 g/mol. The number of allylic oxidation sites excluding steroid dienone is 2. The normalized spacial score (nSPS) is 29.0. The van der Waals surface area contributed by atoms with Gasteiger partial charge >= 0.3 is 0 Å². The SMILES string of the molecule is Cc1cccc(C[C@H]2CCCCC/C=C\[C@H]3C[C@@]3(C(=O)NS(=O)(=O)C3(C)CC3)CC(=O)[C@@H]3C[C@@H](Oc4nc5ccc(F)cc5s4)CN3C2=O)c1. The molecule has 3 fully saturated rings. The zero-order valence-electron chi connectivity index (χ0n) is 28.5. The van der Waals surface area contributed by atoms with E-state index >= 15 is 0 Å². The topological polar surface area (TPSA) is 123 Å². The summed E-state index contributed by atoms with van der Waals surface area (Å²) < 4.78 is 48.4. The van der Waals surface area contributed by atoms with Crippen LogP contribution in [0, 0.1) is 30.0 Å². The minimum Gasteiger partial charge on any atom is -0.465 e. The van der Waals surface area contributed by atoms with E-state index in [-0.39, 0.29) is 48.7 Å². The van der Waals surface area contributed by atoms with Crippen molar-refractivity contribution in [3.63, 3.8) is 0 Å².